The Kier molecular flexibility index (Phi) is 7.50. The third-order valence-corrected chi connectivity index (χ3v) is 4.37. The lowest BCUT2D eigenvalue weighted by molar-refractivity contribution is -0.119. The first kappa shape index (κ1) is 20.3. The van der Waals surface area contributed by atoms with Gasteiger partial charge >= 0.3 is 0 Å². The largest absolute Gasteiger partial charge is 0.493 e. The van der Waals surface area contributed by atoms with Crippen LogP contribution in [0.3, 0.4) is 0 Å². The number of hydrogen-bond donors (Lipinski definition) is 2. The first-order valence-corrected chi connectivity index (χ1v) is 8.82. The lowest BCUT2D eigenvalue weighted by Crippen LogP contribution is -2.39. The lowest BCUT2D eigenvalue weighted by Gasteiger charge is -2.13. The molecule has 138 valence electrons. The number of amides is 1. The highest BCUT2D eigenvalue weighted by atomic mass is 35.5. The summed E-state index contributed by atoms with van der Waals surface area (Å²) in [4.78, 5) is 12.0. The average Bonchev–Trinajstić information content (AvgIpc) is 2.62. The van der Waals surface area contributed by atoms with E-state index in [1.165, 1.54) is 7.11 Å². The minimum absolute atomic E-state index is 0.204. The number of carbonyl (C=O) groups excluding carboxylic acids is 1. The maximum Gasteiger partial charge on any atom is 0.230 e. The molecule has 0 aromatic heterocycles. The van der Waals surface area contributed by atoms with Gasteiger partial charge in [0.15, 0.2) is 16.6 Å². The van der Waals surface area contributed by atoms with Crippen LogP contribution in [0.4, 0.5) is 0 Å². The Bertz CT molecular complexity index is 798. The highest BCUT2D eigenvalue weighted by molar-refractivity contribution is 7.80. The molecule has 0 unspecified atom stereocenters. The van der Waals surface area contributed by atoms with Crippen LogP contribution in [0, 0.1) is 0 Å². The van der Waals surface area contributed by atoms with Crippen molar-refractivity contribution >= 4 is 46.4 Å². The predicted molar refractivity (Wildman–Crippen MR) is 107 cm³/mol. The van der Waals surface area contributed by atoms with E-state index in [2.05, 4.69) is 10.6 Å². The third-order valence-electron chi connectivity index (χ3n) is 3.52. The Hall–Kier alpha value is -2.02. The zero-order valence-corrected chi connectivity index (χ0v) is 16.6. The van der Waals surface area contributed by atoms with Crippen molar-refractivity contribution in [3.8, 4) is 11.5 Å². The summed E-state index contributed by atoms with van der Waals surface area (Å²) in [5.74, 6) is 0.884. The van der Waals surface area contributed by atoms with E-state index < -0.39 is 0 Å². The SMILES string of the molecule is COc1cc(Cl)c(CNC(=S)NC(=O)Cc2ccc(Cl)cc2)cc1OC. The number of ether oxygens (including phenoxy) is 2. The summed E-state index contributed by atoms with van der Waals surface area (Å²) in [6.07, 6.45) is 0.204. The zero-order valence-electron chi connectivity index (χ0n) is 14.3. The lowest BCUT2D eigenvalue weighted by atomic mass is 10.1. The number of hydrogen-bond acceptors (Lipinski definition) is 4. The summed E-state index contributed by atoms with van der Waals surface area (Å²) in [7, 11) is 3.09. The Morgan fingerprint density at radius 1 is 1.08 bits per heavy atom. The van der Waals surface area contributed by atoms with Crippen molar-refractivity contribution in [3.05, 3.63) is 57.6 Å². The van der Waals surface area contributed by atoms with Gasteiger partial charge in [0.1, 0.15) is 0 Å². The van der Waals surface area contributed by atoms with E-state index in [1.54, 1.807) is 43.5 Å². The van der Waals surface area contributed by atoms with E-state index in [1.807, 2.05) is 0 Å². The summed E-state index contributed by atoms with van der Waals surface area (Å²) in [6.45, 7) is 0.333. The quantitative estimate of drug-likeness (QED) is 0.707. The van der Waals surface area contributed by atoms with Crippen molar-refractivity contribution in [2.75, 3.05) is 14.2 Å². The van der Waals surface area contributed by atoms with Gasteiger partial charge < -0.3 is 20.1 Å². The van der Waals surface area contributed by atoms with E-state index in [0.29, 0.717) is 28.1 Å². The number of methoxy groups -OCH3 is 2. The second kappa shape index (κ2) is 9.62. The predicted octanol–water partition coefficient (Wildman–Crippen LogP) is 3.74. The van der Waals surface area contributed by atoms with Crippen molar-refractivity contribution in [3.63, 3.8) is 0 Å². The number of benzene rings is 2. The summed E-state index contributed by atoms with van der Waals surface area (Å²) in [5.41, 5.74) is 1.61. The van der Waals surface area contributed by atoms with Crippen LogP contribution in [0.1, 0.15) is 11.1 Å². The highest BCUT2D eigenvalue weighted by Crippen LogP contribution is 2.32. The van der Waals surface area contributed by atoms with Crippen molar-refractivity contribution < 1.29 is 14.3 Å². The molecule has 2 aromatic carbocycles. The van der Waals surface area contributed by atoms with Crippen LogP contribution in [-0.2, 0) is 17.8 Å². The molecular formula is C18H18Cl2N2O3S. The molecule has 8 heteroatoms. The van der Waals surface area contributed by atoms with Gasteiger partial charge in [-0.3, -0.25) is 4.79 Å². The molecule has 2 aromatic rings. The average molecular weight is 413 g/mol. The van der Waals surface area contributed by atoms with Gasteiger partial charge in [-0.2, -0.15) is 0 Å². The van der Waals surface area contributed by atoms with Crippen molar-refractivity contribution in [2.24, 2.45) is 0 Å². The summed E-state index contributed by atoms with van der Waals surface area (Å²) >= 11 is 17.2. The van der Waals surface area contributed by atoms with Crippen molar-refractivity contribution in [2.45, 2.75) is 13.0 Å². The molecule has 2 N–H and O–H groups in total. The second-order valence-corrected chi connectivity index (χ2v) is 6.58. The molecule has 0 fully saturated rings. The molecule has 0 bridgehead atoms. The van der Waals surface area contributed by atoms with E-state index >= 15 is 0 Å². The van der Waals surface area contributed by atoms with Crippen LogP contribution >= 0.6 is 35.4 Å². The minimum atomic E-state index is -0.219. The molecule has 0 aliphatic carbocycles. The monoisotopic (exact) mass is 412 g/mol. The van der Waals surface area contributed by atoms with Crippen LogP contribution in [-0.4, -0.2) is 25.2 Å². The van der Waals surface area contributed by atoms with Gasteiger partial charge in [-0.05, 0) is 41.5 Å². The fraction of sp³-hybridized carbons (Fsp3) is 0.222. The zero-order chi connectivity index (χ0) is 19.1. The molecule has 0 aliphatic heterocycles. The molecule has 0 spiro atoms. The van der Waals surface area contributed by atoms with Crippen LogP contribution in [0.2, 0.25) is 10.0 Å². The number of nitrogens with one attached hydrogen (secondary N) is 2. The smallest absolute Gasteiger partial charge is 0.230 e. The standard InChI is InChI=1S/C18H18Cl2N2O3S/c1-24-15-8-12(14(20)9-16(15)25-2)10-21-18(26)22-17(23)7-11-3-5-13(19)6-4-11/h3-6,8-9H,7,10H2,1-2H3,(H2,21,22,23,26). The van der Waals surface area contributed by atoms with Crippen LogP contribution < -0.4 is 20.1 Å². The maximum atomic E-state index is 12.0. The summed E-state index contributed by atoms with van der Waals surface area (Å²) in [5, 5.41) is 6.93. The molecule has 2 rings (SSSR count). The minimum Gasteiger partial charge on any atom is -0.493 e. The van der Waals surface area contributed by atoms with Crippen molar-refractivity contribution in [1.29, 1.82) is 0 Å². The molecule has 0 heterocycles. The molecule has 0 radical (unpaired) electrons. The van der Waals surface area contributed by atoms with Gasteiger partial charge in [-0.15, -0.1) is 0 Å². The third kappa shape index (κ3) is 5.76. The Morgan fingerprint density at radius 2 is 1.69 bits per heavy atom. The van der Waals surface area contributed by atoms with Gasteiger partial charge in [-0.1, -0.05) is 35.3 Å². The number of halogens is 2. The number of rotatable bonds is 6. The number of carbonyl (C=O) groups is 1. The van der Waals surface area contributed by atoms with Crippen molar-refractivity contribution in [1.82, 2.24) is 10.6 Å². The van der Waals surface area contributed by atoms with Crippen LogP contribution in [0.25, 0.3) is 0 Å². The molecular weight excluding hydrogens is 395 g/mol. The summed E-state index contributed by atoms with van der Waals surface area (Å²) < 4.78 is 10.4. The van der Waals surface area contributed by atoms with Gasteiger partial charge in [-0.25, -0.2) is 0 Å². The van der Waals surface area contributed by atoms with E-state index in [-0.39, 0.29) is 17.4 Å². The topological polar surface area (TPSA) is 59.6 Å². The van der Waals surface area contributed by atoms with Gasteiger partial charge in [0, 0.05) is 22.7 Å². The maximum absolute atomic E-state index is 12.0. The molecule has 0 saturated heterocycles. The molecule has 5 nitrogen and oxygen atoms in total. The Morgan fingerprint density at radius 3 is 2.31 bits per heavy atom. The normalized spacial score (nSPS) is 10.2. The fourth-order valence-corrected chi connectivity index (χ4v) is 2.74. The van der Waals surface area contributed by atoms with Gasteiger partial charge in [0.25, 0.3) is 0 Å². The molecule has 0 atom stereocenters. The second-order valence-electron chi connectivity index (χ2n) is 5.33. The Balaban J connectivity index is 1.90. The van der Waals surface area contributed by atoms with Gasteiger partial charge in [0.2, 0.25) is 5.91 Å². The summed E-state index contributed by atoms with van der Waals surface area (Å²) in [6, 6.07) is 10.5. The first-order chi connectivity index (χ1) is 12.4. The molecule has 0 saturated carbocycles. The molecule has 26 heavy (non-hydrogen) atoms. The Labute approximate surface area is 167 Å². The first-order valence-electron chi connectivity index (χ1n) is 7.65. The van der Waals surface area contributed by atoms with Gasteiger partial charge in [0.05, 0.1) is 20.6 Å². The molecule has 0 aliphatic rings. The fourth-order valence-electron chi connectivity index (χ4n) is 2.21. The number of thiocarbonyl (C=S) groups is 1. The van der Waals surface area contributed by atoms with Crippen LogP contribution in [0.5, 0.6) is 11.5 Å². The highest BCUT2D eigenvalue weighted by Gasteiger charge is 2.11. The van der Waals surface area contributed by atoms with E-state index in [0.717, 1.165) is 11.1 Å². The van der Waals surface area contributed by atoms with Crippen LogP contribution in [0.15, 0.2) is 36.4 Å². The van der Waals surface area contributed by atoms with E-state index in [9.17, 15) is 4.79 Å². The van der Waals surface area contributed by atoms with E-state index in [4.69, 9.17) is 44.9 Å². The molecule has 1 amide bonds.